The van der Waals surface area contributed by atoms with E-state index < -0.39 is 0 Å². The Bertz CT molecular complexity index is 442. The van der Waals surface area contributed by atoms with Gasteiger partial charge in [0.1, 0.15) is 5.82 Å². The van der Waals surface area contributed by atoms with Crippen molar-refractivity contribution in [1.82, 2.24) is 5.43 Å². The second-order valence-corrected chi connectivity index (χ2v) is 4.35. The molecule has 84 valence electrons. The molecule has 0 bridgehead atoms. The van der Waals surface area contributed by atoms with Gasteiger partial charge >= 0.3 is 0 Å². The van der Waals surface area contributed by atoms with E-state index in [1.54, 1.807) is 23.5 Å². The van der Waals surface area contributed by atoms with Crippen LogP contribution in [-0.4, -0.2) is 0 Å². The molecule has 1 aromatic carbocycles. The number of benzene rings is 1. The van der Waals surface area contributed by atoms with Crippen molar-refractivity contribution >= 4 is 11.3 Å². The predicted octanol–water partition coefficient (Wildman–Crippen LogP) is 2.63. The normalized spacial score (nSPS) is 12.6. The van der Waals surface area contributed by atoms with Gasteiger partial charge in [0, 0.05) is 0 Å². The second-order valence-electron chi connectivity index (χ2n) is 3.57. The van der Waals surface area contributed by atoms with Gasteiger partial charge in [-0.25, -0.2) is 4.39 Å². The number of halogens is 1. The first kappa shape index (κ1) is 11.3. The van der Waals surface area contributed by atoms with Gasteiger partial charge in [0.05, 0.1) is 6.04 Å². The number of nitrogens with two attached hydrogens (primary N) is 1. The maximum absolute atomic E-state index is 13.5. The first-order chi connectivity index (χ1) is 7.81. The van der Waals surface area contributed by atoms with Gasteiger partial charge < -0.3 is 0 Å². The molecule has 0 saturated heterocycles. The van der Waals surface area contributed by atoms with Crippen LogP contribution in [0.3, 0.4) is 0 Å². The van der Waals surface area contributed by atoms with E-state index in [0.29, 0.717) is 12.0 Å². The summed E-state index contributed by atoms with van der Waals surface area (Å²) in [5, 5.41) is 4.01. The van der Waals surface area contributed by atoms with Crippen molar-refractivity contribution in [2.45, 2.75) is 12.5 Å². The zero-order valence-corrected chi connectivity index (χ0v) is 9.51. The highest BCUT2D eigenvalue weighted by molar-refractivity contribution is 7.07. The molecule has 0 saturated carbocycles. The summed E-state index contributed by atoms with van der Waals surface area (Å²) in [5.41, 5.74) is 4.49. The molecule has 2 aromatic rings. The minimum absolute atomic E-state index is 0.0388. The predicted molar refractivity (Wildman–Crippen MR) is 64.5 cm³/mol. The van der Waals surface area contributed by atoms with Crippen molar-refractivity contribution in [3.63, 3.8) is 0 Å². The standard InChI is InChI=1S/C12H13FN2S/c13-11-4-2-1-3-9(11)7-12(15-14)10-5-6-16-8-10/h1-6,8,12,15H,7,14H2. The number of thiophene rings is 1. The van der Waals surface area contributed by atoms with Crippen molar-refractivity contribution in [3.8, 4) is 0 Å². The summed E-state index contributed by atoms with van der Waals surface area (Å²) in [6.07, 6.45) is 0.555. The Morgan fingerprint density at radius 3 is 2.75 bits per heavy atom. The third-order valence-corrected chi connectivity index (χ3v) is 3.23. The van der Waals surface area contributed by atoms with Gasteiger partial charge in [-0.2, -0.15) is 11.3 Å². The quantitative estimate of drug-likeness (QED) is 0.632. The van der Waals surface area contributed by atoms with Crippen LogP contribution in [0.2, 0.25) is 0 Å². The number of hydrogen-bond donors (Lipinski definition) is 2. The lowest BCUT2D eigenvalue weighted by atomic mass is 10.0. The maximum Gasteiger partial charge on any atom is 0.126 e. The zero-order valence-electron chi connectivity index (χ0n) is 8.69. The SMILES string of the molecule is NNC(Cc1ccccc1F)c1ccsc1. The van der Waals surface area contributed by atoms with E-state index in [-0.39, 0.29) is 11.9 Å². The minimum atomic E-state index is -0.182. The molecule has 3 N–H and O–H groups in total. The Morgan fingerprint density at radius 2 is 2.12 bits per heavy atom. The number of hydrogen-bond acceptors (Lipinski definition) is 3. The van der Waals surface area contributed by atoms with Crippen LogP contribution in [0.5, 0.6) is 0 Å². The Labute approximate surface area is 97.9 Å². The van der Waals surface area contributed by atoms with Gasteiger partial charge in [0.25, 0.3) is 0 Å². The van der Waals surface area contributed by atoms with E-state index in [9.17, 15) is 4.39 Å². The van der Waals surface area contributed by atoms with Gasteiger partial charge in [0.15, 0.2) is 0 Å². The van der Waals surface area contributed by atoms with Crippen LogP contribution in [0, 0.1) is 5.82 Å². The van der Waals surface area contributed by atoms with Crippen LogP contribution in [0.1, 0.15) is 17.2 Å². The van der Waals surface area contributed by atoms with E-state index >= 15 is 0 Å². The molecule has 0 aliphatic rings. The average Bonchev–Trinajstić information content (AvgIpc) is 2.81. The lowest BCUT2D eigenvalue weighted by Gasteiger charge is -2.14. The number of rotatable bonds is 4. The summed E-state index contributed by atoms with van der Waals surface area (Å²) < 4.78 is 13.5. The fourth-order valence-corrected chi connectivity index (χ4v) is 2.34. The summed E-state index contributed by atoms with van der Waals surface area (Å²) in [4.78, 5) is 0. The highest BCUT2D eigenvalue weighted by atomic mass is 32.1. The lowest BCUT2D eigenvalue weighted by Crippen LogP contribution is -2.29. The highest BCUT2D eigenvalue weighted by Gasteiger charge is 2.12. The van der Waals surface area contributed by atoms with E-state index in [1.165, 1.54) is 6.07 Å². The molecule has 4 heteroatoms. The smallest absolute Gasteiger partial charge is 0.126 e. The average molecular weight is 236 g/mol. The summed E-state index contributed by atoms with van der Waals surface area (Å²) in [5.74, 6) is 5.31. The number of hydrazine groups is 1. The van der Waals surface area contributed by atoms with Gasteiger partial charge in [0.2, 0.25) is 0 Å². The maximum atomic E-state index is 13.5. The summed E-state index contributed by atoms with van der Waals surface area (Å²) in [7, 11) is 0. The van der Waals surface area contributed by atoms with Crippen LogP contribution in [0.4, 0.5) is 4.39 Å². The first-order valence-corrected chi connectivity index (χ1v) is 5.97. The second kappa shape index (κ2) is 5.21. The summed E-state index contributed by atoms with van der Waals surface area (Å²) in [6.45, 7) is 0. The van der Waals surface area contributed by atoms with Crippen molar-refractivity contribution in [3.05, 3.63) is 58.0 Å². The summed E-state index contributed by atoms with van der Waals surface area (Å²) in [6, 6.07) is 8.73. The van der Waals surface area contributed by atoms with Crippen molar-refractivity contribution in [2.24, 2.45) is 5.84 Å². The third kappa shape index (κ3) is 2.47. The Kier molecular flexibility index (Phi) is 3.66. The van der Waals surface area contributed by atoms with Gasteiger partial charge in [-0.15, -0.1) is 0 Å². The molecule has 1 aromatic heterocycles. The number of nitrogens with one attached hydrogen (secondary N) is 1. The Balaban J connectivity index is 2.17. The van der Waals surface area contributed by atoms with E-state index in [2.05, 4.69) is 5.43 Å². The van der Waals surface area contributed by atoms with Crippen molar-refractivity contribution in [1.29, 1.82) is 0 Å². The van der Waals surface area contributed by atoms with E-state index in [1.807, 2.05) is 22.9 Å². The zero-order chi connectivity index (χ0) is 11.4. The molecule has 2 rings (SSSR count). The van der Waals surface area contributed by atoms with Crippen molar-refractivity contribution < 1.29 is 4.39 Å². The van der Waals surface area contributed by atoms with E-state index in [0.717, 1.165) is 5.56 Å². The molecule has 0 radical (unpaired) electrons. The molecule has 0 fully saturated rings. The molecule has 0 spiro atoms. The van der Waals surface area contributed by atoms with Crippen LogP contribution >= 0.6 is 11.3 Å². The van der Waals surface area contributed by atoms with Crippen LogP contribution in [0.15, 0.2) is 41.1 Å². The molecule has 2 nitrogen and oxygen atoms in total. The monoisotopic (exact) mass is 236 g/mol. The topological polar surface area (TPSA) is 38.0 Å². The Morgan fingerprint density at radius 1 is 1.31 bits per heavy atom. The highest BCUT2D eigenvalue weighted by Crippen LogP contribution is 2.21. The first-order valence-electron chi connectivity index (χ1n) is 5.03. The van der Waals surface area contributed by atoms with E-state index in [4.69, 9.17) is 5.84 Å². The third-order valence-electron chi connectivity index (χ3n) is 2.53. The fraction of sp³-hybridized carbons (Fsp3) is 0.167. The fourth-order valence-electron chi connectivity index (χ4n) is 1.63. The molecule has 0 aliphatic carbocycles. The molecule has 0 aliphatic heterocycles. The molecule has 16 heavy (non-hydrogen) atoms. The molecule has 1 atom stereocenters. The van der Waals surface area contributed by atoms with Crippen LogP contribution < -0.4 is 11.3 Å². The molecule has 1 heterocycles. The molecular formula is C12H13FN2S. The van der Waals surface area contributed by atoms with Gasteiger partial charge in [-0.3, -0.25) is 11.3 Å². The van der Waals surface area contributed by atoms with Gasteiger partial charge in [-0.05, 0) is 40.4 Å². The largest absolute Gasteiger partial charge is 0.271 e. The Hall–Kier alpha value is -1.23. The lowest BCUT2D eigenvalue weighted by molar-refractivity contribution is 0.530. The molecule has 1 unspecified atom stereocenters. The van der Waals surface area contributed by atoms with Crippen LogP contribution in [-0.2, 0) is 6.42 Å². The van der Waals surface area contributed by atoms with Gasteiger partial charge in [-0.1, -0.05) is 18.2 Å². The van der Waals surface area contributed by atoms with Crippen LogP contribution in [0.25, 0.3) is 0 Å². The van der Waals surface area contributed by atoms with Crippen molar-refractivity contribution in [2.75, 3.05) is 0 Å². The minimum Gasteiger partial charge on any atom is -0.271 e. The molecule has 0 amide bonds. The molecular weight excluding hydrogens is 223 g/mol. The summed E-state index contributed by atoms with van der Waals surface area (Å²) >= 11 is 1.61.